The Hall–Kier alpha value is -0.950. The molecule has 0 radical (unpaired) electrons. The van der Waals surface area contributed by atoms with E-state index in [1.807, 2.05) is 0 Å². The highest BCUT2D eigenvalue weighted by atomic mass is 16.5. The van der Waals surface area contributed by atoms with Gasteiger partial charge in [-0.2, -0.15) is 0 Å². The number of ether oxygens (including phenoxy) is 3. The maximum atomic E-state index is 13.3. The van der Waals surface area contributed by atoms with Crippen molar-refractivity contribution in [1.82, 2.24) is 0 Å². The minimum absolute atomic E-state index is 0.0907. The summed E-state index contributed by atoms with van der Waals surface area (Å²) in [4.78, 5) is 13.3. The van der Waals surface area contributed by atoms with Gasteiger partial charge in [0.15, 0.2) is 0 Å². The summed E-state index contributed by atoms with van der Waals surface area (Å²) in [5, 5.41) is 10.9. The first-order valence-electron chi connectivity index (χ1n) is 17.6. The summed E-state index contributed by atoms with van der Waals surface area (Å²) in [6.45, 7) is 28.9. The van der Waals surface area contributed by atoms with Gasteiger partial charge in [-0.3, -0.25) is 4.79 Å². The van der Waals surface area contributed by atoms with Gasteiger partial charge in [0, 0.05) is 23.5 Å². The van der Waals surface area contributed by atoms with Crippen molar-refractivity contribution in [3.8, 4) is 0 Å². The van der Waals surface area contributed by atoms with Crippen LogP contribution in [0.25, 0.3) is 0 Å². The van der Waals surface area contributed by atoms with Crippen LogP contribution >= 0.6 is 0 Å². The number of methoxy groups -OCH3 is 1. The number of hydrogen-bond acceptors (Lipinski definition) is 5. The van der Waals surface area contributed by atoms with Crippen molar-refractivity contribution in [1.29, 1.82) is 0 Å². The molecule has 0 bridgehead atoms. The van der Waals surface area contributed by atoms with Gasteiger partial charge in [0.05, 0.1) is 37.9 Å². The van der Waals surface area contributed by atoms with Crippen LogP contribution in [-0.2, 0) is 19.0 Å². The summed E-state index contributed by atoms with van der Waals surface area (Å²) in [6.07, 6.45) is 7.20. The van der Waals surface area contributed by atoms with Crippen LogP contribution in [0, 0.1) is 62.6 Å². The molecule has 0 aromatic rings. The van der Waals surface area contributed by atoms with E-state index in [0.29, 0.717) is 43.5 Å². The summed E-state index contributed by atoms with van der Waals surface area (Å²) in [6, 6.07) is 0. The molecule has 1 aliphatic heterocycles. The van der Waals surface area contributed by atoms with E-state index in [-0.39, 0.29) is 51.1 Å². The van der Waals surface area contributed by atoms with Gasteiger partial charge in [0.25, 0.3) is 0 Å². The third-order valence-corrected chi connectivity index (χ3v) is 15.1. The summed E-state index contributed by atoms with van der Waals surface area (Å²) in [5.74, 6) is 0.779. The maximum Gasteiger partial charge on any atom is 0.307 e. The minimum Gasteiger partial charge on any atom is -0.481 e. The molecule has 4 rings (SSSR count). The SMILES string of the molecule is CO[C@H](C)[C@H](OC[C@](C)(N)C(C)C)C1(C)COC[C@@]2(C)C3=CC[C@@]4(C)[C@H](C(=O)O)[C@@](C)([C@H](C)C(C)C)CC[C@]4(C)[C@H]3CC[C@@H]12. The second-order valence-corrected chi connectivity index (χ2v) is 17.9. The van der Waals surface area contributed by atoms with Crippen LogP contribution in [0.2, 0.25) is 0 Å². The molecular formula is C38H67NO5. The zero-order chi connectivity index (χ0) is 33.3. The molecule has 2 saturated carbocycles. The van der Waals surface area contributed by atoms with Crippen LogP contribution in [0.3, 0.4) is 0 Å². The van der Waals surface area contributed by atoms with Crippen LogP contribution < -0.4 is 5.73 Å². The number of fused-ring (bicyclic) bond motifs is 5. The van der Waals surface area contributed by atoms with Crippen LogP contribution in [0.5, 0.6) is 0 Å². The Morgan fingerprint density at radius 2 is 1.66 bits per heavy atom. The third kappa shape index (κ3) is 5.24. The number of carboxylic acid groups (broad SMARTS) is 1. The smallest absolute Gasteiger partial charge is 0.307 e. The second kappa shape index (κ2) is 11.9. The first-order valence-corrected chi connectivity index (χ1v) is 17.6. The van der Waals surface area contributed by atoms with Gasteiger partial charge in [0.2, 0.25) is 0 Å². The summed E-state index contributed by atoms with van der Waals surface area (Å²) in [5.41, 5.74) is 6.72. The molecule has 44 heavy (non-hydrogen) atoms. The van der Waals surface area contributed by atoms with Crippen molar-refractivity contribution < 1.29 is 24.1 Å². The monoisotopic (exact) mass is 618 g/mol. The Bertz CT molecular complexity index is 1100. The Balaban J connectivity index is 1.75. The Morgan fingerprint density at radius 3 is 2.20 bits per heavy atom. The molecule has 0 spiro atoms. The maximum absolute atomic E-state index is 13.3. The topological polar surface area (TPSA) is 91.0 Å². The number of hydrogen-bond donors (Lipinski definition) is 2. The summed E-state index contributed by atoms with van der Waals surface area (Å²) < 4.78 is 19.4. The summed E-state index contributed by atoms with van der Waals surface area (Å²) >= 11 is 0. The van der Waals surface area contributed by atoms with E-state index in [1.54, 1.807) is 7.11 Å². The number of nitrogens with two attached hydrogens (primary N) is 1. The zero-order valence-corrected chi connectivity index (χ0v) is 30.5. The van der Waals surface area contributed by atoms with E-state index < -0.39 is 11.5 Å². The van der Waals surface area contributed by atoms with Crippen molar-refractivity contribution in [2.75, 3.05) is 26.9 Å². The minimum atomic E-state index is -0.611. The van der Waals surface area contributed by atoms with E-state index in [0.717, 1.165) is 32.1 Å². The number of aliphatic carboxylic acids is 1. The Morgan fingerprint density at radius 1 is 1.02 bits per heavy atom. The highest BCUT2D eigenvalue weighted by molar-refractivity contribution is 5.73. The van der Waals surface area contributed by atoms with Gasteiger partial charge in [-0.15, -0.1) is 0 Å². The van der Waals surface area contributed by atoms with E-state index >= 15 is 0 Å². The molecule has 0 aromatic carbocycles. The quantitative estimate of drug-likeness (QED) is 0.242. The van der Waals surface area contributed by atoms with Crippen molar-refractivity contribution in [2.24, 2.45) is 68.3 Å². The average molecular weight is 618 g/mol. The Kier molecular flexibility index (Phi) is 9.74. The molecule has 3 aliphatic carbocycles. The van der Waals surface area contributed by atoms with E-state index in [4.69, 9.17) is 19.9 Å². The first kappa shape index (κ1) is 35.9. The van der Waals surface area contributed by atoms with E-state index in [1.165, 1.54) is 5.57 Å². The molecule has 254 valence electrons. The molecule has 0 aromatic heterocycles. The predicted octanol–water partition coefficient (Wildman–Crippen LogP) is 7.98. The van der Waals surface area contributed by atoms with Gasteiger partial charge in [-0.1, -0.05) is 80.9 Å². The lowest BCUT2D eigenvalue weighted by molar-refractivity contribution is -0.226. The van der Waals surface area contributed by atoms with Crippen LogP contribution in [0.4, 0.5) is 0 Å². The predicted molar refractivity (Wildman–Crippen MR) is 178 cm³/mol. The first-order chi connectivity index (χ1) is 20.2. The molecule has 3 fully saturated rings. The Labute approximate surface area is 269 Å². The number of carboxylic acids is 1. The lowest BCUT2D eigenvalue weighted by Gasteiger charge is -2.69. The van der Waals surface area contributed by atoms with Gasteiger partial charge in [-0.25, -0.2) is 0 Å². The normalized spacial score (nSPS) is 44.1. The average Bonchev–Trinajstić information content (AvgIpc) is 2.92. The van der Waals surface area contributed by atoms with E-state index in [2.05, 4.69) is 89.2 Å². The molecule has 1 saturated heterocycles. The van der Waals surface area contributed by atoms with Crippen molar-refractivity contribution >= 4 is 5.97 Å². The number of carbonyl (C=O) groups is 1. The molecule has 6 heteroatoms. The van der Waals surface area contributed by atoms with E-state index in [9.17, 15) is 9.90 Å². The lowest BCUT2D eigenvalue weighted by atomic mass is 9.35. The van der Waals surface area contributed by atoms with Gasteiger partial charge >= 0.3 is 5.97 Å². The van der Waals surface area contributed by atoms with Gasteiger partial charge in [-0.05, 0) is 91.8 Å². The molecule has 1 heterocycles. The second-order valence-electron chi connectivity index (χ2n) is 17.9. The van der Waals surface area contributed by atoms with Gasteiger partial charge < -0.3 is 25.1 Å². The largest absolute Gasteiger partial charge is 0.481 e. The van der Waals surface area contributed by atoms with Gasteiger partial charge in [0.1, 0.15) is 0 Å². The third-order valence-electron chi connectivity index (χ3n) is 15.1. The molecule has 1 unspecified atom stereocenters. The van der Waals surface area contributed by atoms with Crippen LogP contribution in [0.15, 0.2) is 11.6 Å². The van der Waals surface area contributed by atoms with Crippen molar-refractivity contribution in [3.05, 3.63) is 11.6 Å². The van der Waals surface area contributed by atoms with Crippen molar-refractivity contribution in [2.45, 2.75) is 133 Å². The fourth-order valence-corrected chi connectivity index (χ4v) is 11.0. The molecular weight excluding hydrogens is 550 g/mol. The molecule has 6 nitrogen and oxygen atoms in total. The fraction of sp³-hybridized carbons (Fsp3) is 0.921. The molecule has 3 N–H and O–H groups in total. The molecule has 12 atom stereocenters. The highest BCUT2D eigenvalue weighted by Gasteiger charge is 2.69. The molecule has 0 amide bonds. The highest BCUT2D eigenvalue weighted by Crippen LogP contribution is 2.73. The fourth-order valence-electron chi connectivity index (χ4n) is 11.0. The zero-order valence-electron chi connectivity index (χ0n) is 30.5. The molecule has 4 aliphatic rings. The standard InChI is InChI=1S/C38H67NO5/c1-23(2)25(5)33(7)18-19-36(10)28-14-15-29-34(8,27(28)16-17-37(36,11)30(33)32(40)41)20-43-21-35(29,9)31(26(6)42-13)44-22-38(12,39)24(3)4/h16,23-26,28-31H,14-15,17-22,39H2,1-13H3,(H,40,41)/t25-,26-,28+,29-,30-,31+,33-,34+,35?,36-,37+,38+/m1/s1. The number of allylic oxidation sites excluding steroid dienone is 1. The summed E-state index contributed by atoms with van der Waals surface area (Å²) in [7, 11) is 1.77. The van der Waals surface area contributed by atoms with Crippen LogP contribution in [0.1, 0.15) is 115 Å². The number of rotatable bonds is 10. The lowest BCUT2D eigenvalue weighted by Crippen LogP contribution is -2.66. The van der Waals surface area contributed by atoms with Crippen molar-refractivity contribution in [3.63, 3.8) is 0 Å². The van der Waals surface area contributed by atoms with Crippen LogP contribution in [-0.4, -0.2) is 55.8 Å².